The van der Waals surface area contributed by atoms with Gasteiger partial charge in [-0.2, -0.15) is 4.98 Å². The van der Waals surface area contributed by atoms with Gasteiger partial charge in [0, 0.05) is 23.0 Å². The molecule has 2 aliphatic rings. The third-order valence-corrected chi connectivity index (χ3v) is 5.46. The van der Waals surface area contributed by atoms with Gasteiger partial charge >= 0.3 is 0 Å². The maximum Gasteiger partial charge on any atom is 0.229 e. The van der Waals surface area contributed by atoms with Gasteiger partial charge in [-0.25, -0.2) is 4.98 Å². The third kappa shape index (κ3) is 4.03. The second kappa shape index (κ2) is 7.37. The van der Waals surface area contributed by atoms with Gasteiger partial charge in [-0.15, -0.1) is 0 Å². The van der Waals surface area contributed by atoms with Crippen LogP contribution in [0.15, 0.2) is 48.7 Å². The van der Waals surface area contributed by atoms with Crippen molar-refractivity contribution in [3.8, 4) is 0 Å². The summed E-state index contributed by atoms with van der Waals surface area (Å²) in [6.07, 6.45) is 5.19. The van der Waals surface area contributed by atoms with Crippen LogP contribution in [0.25, 0.3) is 0 Å². The number of anilines is 5. The molecular formula is C22H20ClN5O. The molecule has 0 radical (unpaired) electrons. The molecule has 6 nitrogen and oxygen atoms in total. The summed E-state index contributed by atoms with van der Waals surface area (Å²) >= 11 is 6.30. The van der Waals surface area contributed by atoms with Crippen molar-refractivity contribution < 1.29 is 4.79 Å². The number of nitrogens with zero attached hydrogens (tertiary/aromatic N) is 2. The van der Waals surface area contributed by atoms with Crippen molar-refractivity contribution in [1.29, 1.82) is 0 Å². The topological polar surface area (TPSA) is 78.9 Å². The van der Waals surface area contributed by atoms with E-state index in [-0.39, 0.29) is 11.8 Å². The molecule has 29 heavy (non-hydrogen) atoms. The maximum atomic E-state index is 12.3. The van der Waals surface area contributed by atoms with Crippen LogP contribution in [0.5, 0.6) is 0 Å². The fraction of sp³-hybridized carbons (Fsp3) is 0.227. The Labute approximate surface area is 173 Å². The summed E-state index contributed by atoms with van der Waals surface area (Å²) < 4.78 is 0. The van der Waals surface area contributed by atoms with E-state index in [2.05, 4.69) is 44.1 Å². The van der Waals surface area contributed by atoms with E-state index >= 15 is 0 Å². The molecule has 0 unspecified atom stereocenters. The number of carbonyl (C=O) groups excluding carboxylic acids is 1. The monoisotopic (exact) mass is 405 g/mol. The summed E-state index contributed by atoms with van der Waals surface area (Å²) in [5, 5.41) is 10.1. The summed E-state index contributed by atoms with van der Waals surface area (Å²) in [5.74, 6) is 1.28. The lowest BCUT2D eigenvalue weighted by atomic mass is 10.0. The molecule has 7 heteroatoms. The number of hydrogen-bond donors (Lipinski definition) is 3. The third-order valence-electron chi connectivity index (χ3n) is 5.18. The fourth-order valence-corrected chi connectivity index (χ4v) is 3.58. The summed E-state index contributed by atoms with van der Waals surface area (Å²) in [4.78, 5) is 21.1. The van der Waals surface area contributed by atoms with Gasteiger partial charge in [-0.3, -0.25) is 4.79 Å². The van der Waals surface area contributed by atoms with E-state index in [1.807, 2.05) is 24.3 Å². The van der Waals surface area contributed by atoms with Crippen LogP contribution in [-0.4, -0.2) is 15.9 Å². The van der Waals surface area contributed by atoms with Gasteiger partial charge in [0.15, 0.2) is 5.82 Å². The Bertz CT molecular complexity index is 1100. The Hall–Kier alpha value is -3.12. The molecule has 0 spiro atoms. The number of carbonyl (C=O) groups is 1. The highest BCUT2D eigenvalue weighted by Crippen LogP contribution is 2.33. The highest BCUT2D eigenvalue weighted by atomic mass is 35.5. The van der Waals surface area contributed by atoms with Crippen molar-refractivity contribution in [2.75, 3.05) is 16.0 Å². The lowest BCUT2D eigenvalue weighted by Crippen LogP contribution is -2.15. The zero-order valence-corrected chi connectivity index (χ0v) is 16.5. The average molecular weight is 406 g/mol. The van der Waals surface area contributed by atoms with Crippen LogP contribution in [0.3, 0.4) is 0 Å². The Balaban J connectivity index is 1.55. The van der Waals surface area contributed by atoms with Crippen LogP contribution in [0, 0.1) is 5.92 Å². The van der Waals surface area contributed by atoms with Crippen LogP contribution < -0.4 is 16.0 Å². The Morgan fingerprint density at radius 3 is 2.79 bits per heavy atom. The molecule has 1 saturated carbocycles. The molecule has 146 valence electrons. The van der Waals surface area contributed by atoms with Crippen LogP contribution in [0.4, 0.5) is 28.8 Å². The van der Waals surface area contributed by atoms with E-state index < -0.39 is 0 Å². The molecule has 3 aromatic rings. The van der Waals surface area contributed by atoms with Crippen molar-refractivity contribution >= 4 is 46.3 Å². The highest BCUT2D eigenvalue weighted by molar-refractivity contribution is 6.32. The number of benzene rings is 2. The first kappa shape index (κ1) is 17.9. The smallest absolute Gasteiger partial charge is 0.229 e. The second-order valence-electron chi connectivity index (χ2n) is 7.48. The van der Waals surface area contributed by atoms with Gasteiger partial charge in [-0.05, 0) is 67.1 Å². The molecule has 3 N–H and O–H groups in total. The van der Waals surface area contributed by atoms with Crippen molar-refractivity contribution in [1.82, 2.24) is 9.97 Å². The number of amides is 1. The lowest BCUT2D eigenvalue weighted by molar-refractivity contribution is -0.117. The minimum atomic E-state index is 0.111. The van der Waals surface area contributed by atoms with Gasteiger partial charge in [0.05, 0.1) is 6.20 Å². The van der Waals surface area contributed by atoms with E-state index in [4.69, 9.17) is 11.6 Å². The van der Waals surface area contributed by atoms with Gasteiger partial charge in [0.2, 0.25) is 11.9 Å². The largest absolute Gasteiger partial charge is 0.339 e. The predicted octanol–water partition coefficient (Wildman–Crippen LogP) is 5.06. The molecule has 1 aliphatic heterocycles. The van der Waals surface area contributed by atoms with E-state index in [1.165, 1.54) is 5.56 Å². The van der Waals surface area contributed by atoms with Gasteiger partial charge in [0.25, 0.3) is 0 Å². The summed E-state index contributed by atoms with van der Waals surface area (Å²) in [6, 6.07) is 14.1. The zero-order chi connectivity index (χ0) is 19.8. The minimum absolute atomic E-state index is 0.111. The minimum Gasteiger partial charge on any atom is -0.339 e. The molecule has 1 aliphatic carbocycles. The number of halogens is 1. The first-order chi connectivity index (χ1) is 14.1. The van der Waals surface area contributed by atoms with Crippen LogP contribution in [0.2, 0.25) is 5.02 Å². The molecule has 0 saturated heterocycles. The standard InChI is InChI=1S/C22H20ClN5O/c23-18-12-24-22-26-16-3-1-2-13(10-16)4-5-15-11-17(25-20(18)28-22)8-9-19(15)27-21(29)14-6-7-14/h1-3,8-12,14H,4-7H2,(H,27,29)(H2,24,25,26,28). The first-order valence-corrected chi connectivity index (χ1v) is 10.1. The van der Waals surface area contributed by atoms with Crippen molar-refractivity contribution in [2.24, 2.45) is 5.92 Å². The normalized spacial score (nSPS) is 15.1. The fourth-order valence-electron chi connectivity index (χ4n) is 3.44. The van der Waals surface area contributed by atoms with E-state index in [1.54, 1.807) is 6.20 Å². The number of rotatable bonds is 2. The highest BCUT2D eigenvalue weighted by Gasteiger charge is 2.30. The Kier molecular flexibility index (Phi) is 4.56. The summed E-state index contributed by atoms with van der Waals surface area (Å²) in [6.45, 7) is 0. The molecule has 5 rings (SSSR count). The molecule has 1 fully saturated rings. The Morgan fingerprint density at radius 1 is 1.07 bits per heavy atom. The molecule has 6 bridgehead atoms. The molecule has 0 atom stereocenters. The number of nitrogens with one attached hydrogen (secondary N) is 3. The molecule has 2 aromatic carbocycles. The van der Waals surface area contributed by atoms with Crippen molar-refractivity contribution in [3.05, 3.63) is 64.8 Å². The summed E-state index contributed by atoms with van der Waals surface area (Å²) in [7, 11) is 0. The molecule has 2 heterocycles. The first-order valence-electron chi connectivity index (χ1n) is 9.73. The summed E-state index contributed by atoms with van der Waals surface area (Å²) in [5.41, 5.74) is 4.92. The number of aryl methyl sites for hydroxylation is 2. The molecule has 1 aromatic heterocycles. The van der Waals surface area contributed by atoms with Gasteiger partial charge < -0.3 is 16.0 Å². The van der Waals surface area contributed by atoms with Crippen LogP contribution >= 0.6 is 11.6 Å². The predicted molar refractivity (Wildman–Crippen MR) is 115 cm³/mol. The zero-order valence-electron chi connectivity index (χ0n) is 15.7. The van der Waals surface area contributed by atoms with E-state index in [0.29, 0.717) is 16.8 Å². The second-order valence-corrected chi connectivity index (χ2v) is 7.88. The molecular weight excluding hydrogens is 386 g/mol. The number of hydrogen-bond acceptors (Lipinski definition) is 5. The maximum absolute atomic E-state index is 12.3. The number of fused-ring (bicyclic) bond motifs is 6. The molecule has 1 amide bonds. The van der Waals surface area contributed by atoms with Gasteiger partial charge in [-0.1, -0.05) is 23.7 Å². The average Bonchev–Trinajstić information content (AvgIpc) is 3.56. The quantitative estimate of drug-likeness (QED) is 0.555. The van der Waals surface area contributed by atoms with Crippen molar-refractivity contribution in [3.63, 3.8) is 0 Å². The Morgan fingerprint density at radius 2 is 1.93 bits per heavy atom. The number of aromatic nitrogens is 2. The van der Waals surface area contributed by atoms with E-state index in [0.717, 1.165) is 48.3 Å². The van der Waals surface area contributed by atoms with Crippen LogP contribution in [0.1, 0.15) is 24.0 Å². The SMILES string of the molecule is O=C(Nc1ccc2cc1CCc1cccc(c1)Nc1ncc(Cl)c(n1)N2)C1CC1. The lowest BCUT2D eigenvalue weighted by Gasteiger charge is -2.14. The van der Waals surface area contributed by atoms with E-state index in [9.17, 15) is 4.79 Å². The van der Waals surface area contributed by atoms with Crippen LogP contribution in [-0.2, 0) is 17.6 Å². The van der Waals surface area contributed by atoms with Crippen molar-refractivity contribution in [2.45, 2.75) is 25.7 Å². The van der Waals surface area contributed by atoms with Gasteiger partial charge in [0.1, 0.15) is 5.02 Å².